The molecule has 2 aromatic carbocycles. The third-order valence-electron chi connectivity index (χ3n) is 3.99. The molecule has 0 aliphatic carbocycles. The second-order valence-corrected chi connectivity index (χ2v) is 6.27. The minimum absolute atomic E-state index is 0.107. The van der Waals surface area contributed by atoms with E-state index in [2.05, 4.69) is 0 Å². The topological polar surface area (TPSA) is 54.0 Å². The van der Waals surface area contributed by atoms with Crippen LogP contribution >= 0.6 is 0 Å². The molecule has 148 valence electrons. The molecule has 0 aliphatic rings. The normalized spacial score (nSPS) is 10.5. The van der Waals surface area contributed by atoms with E-state index in [9.17, 15) is 4.79 Å². The number of carbonyl (C=O) groups is 1. The molecule has 0 unspecified atom stereocenters. The van der Waals surface area contributed by atoms with Crippen molar-refractivity contribution in [1.82, 2.24) is 0 Å². The van der Waals surface area contributed by atoms with Crippen molar-refractivity contribution in [3.63, 3.8) is 0 Å². The summed E-state index contributed by atoms with van der Waals surface area (Å²) in [4.78, 5) is 12.4. The van der Waals surface area contributed by atoms with Gasteiger partial charge in [0.2, 0.25) is 5.75 Å². The maximum Gasteiger partial charge on any atom is 0.203 e. The molecule has 0 N–H and O–H groups in total. The molecule has 0 heterocycles. The minimum Gasteiger partial charge on any atom is -0.493 e. The van der Waals surface area contributed by atoms with E-state index in [1.54, 1.807) is 63.8 Å². The van der Waals surface area contributed by atoms with Gasteiger partial charge in [0.15, 0.2) is 17.3 Å². The zero-order valence-electron chi connectivity index (χ0n) is 16.9. The molecule has 0 bridgehead atoms. The van der Waals surface area contributed by atoms with Crippen LogP contribution in [0.2, 0.25) is 0 Å². The first-order chi connectivity index (χ1) is 13.5. The number of ketones is 1. The molecule has 5 heteroatoms. The van der Waals surface area contributed by atoms with E-state index in [0.717, 1.165) is 11.3 Å². The molecular weight excluding hydrogens is 356 g/mol. The van der Waals surface area contributed by atoms with E-state index in [1.165, 1.54) is 11.6 Å². The molecule has 5 nitrogen and oxygen atoms in total. The van der Waals surface area contributed by atoms with Crippen molar-refractivity contribution in [2.45, 2.75) is 13.8 Å². The zero-order chi connectivity index (χ0) is 20.5. The van der Waals surface area contributed by atoms with Crippen molar-refractivity contribution in [1.29, 1.82) is 0 Å². The quantitative estimate of drug-likeness (QED) is 0.349. The Morgan fingerprint density at radius 3 is 2.04 bits per heavy atom. The van der Waals surface area contributed by atoms with Crippen LogP contribution in [0.25, 0.3) is 6.08 Å². The lowest BCUT2D eigenvalue weighted by Gasteiger charge is -2.12. The van der Waals surface area contributed by atoms with E-state index >= 15 is 0 Å². The molecule has 0 spiro atoms. The molecule has 2 aromatic rings. The van der Waals surface area contributed by atoms with Crippen molar-refractivity contribution < 1.29 is 23.7 Å². The Morgan fingerprint density at radius 1 is 0.929 bits per heavy atom. The van der Waals surface area contributed by atoms with Crippen LogP contribution in [-0.2, 0) is 0 Å². The molecule has 0 saturated carbocycles. The minimum atomic E-state index is -0.107. The van der Waals surface area contributed by atoms with Gasteiger partial charge in [0.1, 0.15) is 12.4 Å². The van der Waals surface area contributed by atoms with Gasteiger partial charge in [-0.05, 0) is 68.0 Å². The molecule has 28 heavy (non-hydrogen) atoms. The summed E-state index contributed by atoms with van der Waals surface area (Å²) in [5.41, 5.74) is 2.55. The number of allylic oxidation sites excluding steroid dienone is 2. The lowest BCUT2D eigenvalue weighted by Crippen LogP contribution is -1.97. The van der Waals surface area contributed by atoms with Crippen LogP contribution in [0.4, 0.5) is 0 Å². The smallest absolute Gasteiger partial charge is 0.203 e. The second-order valence-electron chi connectivity index (χ2n) is 6.27. The van der Waals surface area contributed by atoms with Gasteiger partial charge >= 0.3 is 0 Å². The summed E-state index contributed by atoms with van der Waals surface area (Å²) in [6.07, 6.45) is 5.23. The highest BCUT2D eigenvalue weighted by Crippen LogP contribution is 2.38. The van der Waals surface area contributed by atoms with Gasteiger partial charge in [0.05, 0.1) is 21.3 Å². The Labute approximate surface area is 166 Å². The molecule has 0 radical (unpaired) electrons. The molecule has 0 amide bonds. The lowest BCUT2D eigenvalue weighted by molar-refractivity contribution is 0.104. The molecule has 2 rings (SSSR count). The Kier molecular flexibility index (Phi) is 7.69. The highest BCUT2D eigenvalue weighted by Gasteiger charge is 2.12. The van der Waals surface area contributed by atoms with Crippen molar-refractivity contribution in [3.05, 3.63) is 65.3 Å². The Bertz CT molecular complexity index is 834. The number of benzene rings is 2. The molecule has 0 aliphatic heterocycles. The number of hydrogen-bond donors (Lipinski definition) is 0. The number of ether oxygens (including phenoxy) is 4. The monoisotopic (exact) mass is 382 g/mol. The summed E-state index contributed by atoms with van der Waals surface area (Å²) in [5.74, 6) is 2.20. The first-order valence-corrected chi connectivity index (χ1v) is 8.87. The first kappa shape index (κ1) is 21.1. The van der Waals surface area contributed by atoms with Gasteiger partial charge in [-0.1, -0.05) is 11.6 Å². The number of rotatable bonds is 9. The molecule has 0 fully saturated rings. The predicted octanol–water partition coefficient (Wildman–Crippen LogP) is 4.95. The Hall–Kier alpha value is -3.21. The van der Waals surface area contributed by atoms with Crippen LogP contribution in [-0.4, -0.2) is 33.7 Å². The van der Waals surface area contributed by atoms with Gasteiger partial charge in [-0.15, -0.1) is 0 Å². The maximum atomic E-state index is 12.4. The summed E-state index contributed by atoms with van der Waals surface area (Å²) in [5, 5.41) is 0. The third-order valence-corrected chi connectivity index (χ3v) is 3.99. The van der Waals surface area contributed by atoms with Gasteiger partial charge in [-0.3, -0.25) is 4.79 Å². The fourth-order valence-corrected chi connectivity index (χ4v) is 2.49. The van der Waals surface area contributed by atoms with Crippen LogP contribution in [0.5, 0.6) is 23.0 Å². The van der Waals surface area contributed by atoms with Crippen molar-refractivity contribution in [2.24, 2.45) is 0 Å². The van der Waals surface area contributed by atoms with Crippen LogP contribution in [0, 0.1) is 0 Å². The van der Waals surface area contributed by atoms with Crippen LogP contribution in [0.3, 0.4) is 0 Å². The fraction of sp³-hybridized carbons (Fsp3) is 0.261. The van der Waals surface area contributed by atoms with Crippen molar-refractivity contribution in [2.75, 3.05) is 27.9 Å². The standard InChI is InChI=1S/C23H26O5/c1-16(2)12-13-28-19-9-7-18(8-10-19)20(24)11-6-17-14-21(25-3)23(27-5)22(15-17)26-4/h6-12,14-15H,13H2,1-5H3. The van der Waals surface area contributed by atoms with E-state index in [1.807, 2.05) is 19.9 Å². The first-order valence-electron chi connectivity index (χ1n) is 8.87. The molecule has 0 aromatic heterocycles. The molecule has 0 atom stereocenters. The highest BCUT2D eigenvalue weighted by atomic mass is 16.5. The maximum absolute atomic E-state index is 12.4. The Morgan fingerprint density at radius 2 is 1.54 bits per heavy atom. The number of carbonyl (C=O) groups excluding carboxylic acids is 1. The molecule has 0 saturated heterocycles. The SMILES string of the molecule is COc1cc(C=CC(=O)c2ccc(OCC=C(C)C)cc2)cc(OC)c1OC. The van der Waals surface area contributed by atoms with Gasteiger partial charge in [0.25, 0.3) is 0 Å². The zero-order valence-corrected chi connectivity index (χ0v) is 16.9. The highest BCUT2D eigenvalue weighted by molar-refractivity contribution is 6.06. The Balaban J connectivity index is 2.12. The lowest BCUT2D eigenvalue weighted by atomic mass is 10.1. The molecular formula is C23H26O5. The fourth-order valence-electron chi connectivity index (χ4n) is 2.49. The average Bonchev–Trinajstić information content (AvgIpc) is 2.71. The van der Waals surface area contributed by atoms with Crippen LogP contribution < -0.4 is 18.9 Å². The van der Waals surface area contributed by atoms with E-state index < -0.39 is 0 Å². The predicted molar refractivity (Wildman–Crippen MR) is 111 cm³/mol. The summed E-state index contributed by atoms with van der Waals surface area (Å²) >= 11 is 0. The van der Waals surface area contributed by atoms with Gasteiger partial charge in [-0.25, -0.2) is 0 Å². The number of hydrogen-bond acceptors (Lipinski definition) is 5. The van der Waals surface area contributed by atoms with E-state index in [0.29, 0.717) is 29.4 Å². The largest absolute Gasteiger partial charge is 0.493 e. The third kappa shape index (κ3) is 5.64. The van der Waals surface area contributed by atoms with Gasteiger partial charge < -0.3 is 18.9 Å². The second kappa shape index (κ2) is 10.2. The summed E-state index contributed by atoms with van der Waals surface area (Å²) in [7, 11) is 4.65. The van der Waals surface area contributed by atoms with E-state index in [-0.39, 0.29) is 5.78 Å². The summed E-state index contributed by atoms with van der Waals surface area (Å²) < 4.78 is 21.6. The summed E-state index contributed by atoms with van der Waals surface area (Å²) in [6.45, 7) is 4.55. The van der Waals surface area contributed by atoms with Crippen LogP contribution in [0.15, 0.2) is 54.1 Å². The van der Waals surface area contributed by atoms with Crippen LogP contribution in [0.1, 0.15) is 29.8 Å². The van der Waals surface area contributed by atoms with Gasteiger partial charge in [-0.2, -0.15) is 0 Å². The van der Waals surface area contributed by atoms with Gasteiger partial charge in [0, 0.05) is 5.56 Å². The number of methoxy groups -OCH3 is 3. The van der Waals surface area contributed by atoms with E-state index in [4.69, 9.17) is 18.9 Å². The van der Waals surface area contributed by atoms with Crippen molar-refractivity contribution in [3.8, 4) is 23.0 Å². The summed E-state index contributed by atoms with van der Waals surface area (Å²) in [6, 6.07) is 10.6. The van der Waals surface area contributed by atoms with Crippen molar-refractivity contribution >= 4 is 11.9 Å². The average molecular weight is 382 g/mol.